The second-order valence-corrected chi connectivity index (χ2v) is 10.7. The number of para-hydroxylation sites is 1. The van der Waals surface area contributed by atoms with E-state index in [2.05, 4.69) is 5.32 Å². The molecular formula is C30H34N2O6. The zero-order valence-electron chi connectivity index (χ0n) is 22.7. The first kappa shape index (κ1) is 27.0. The van der Waals surface area contributed by atoms with Crippen LogP contribution in [0.25, 0.3) is 0 Å². The Bertz CT molecular complexity index is 1360. The van der Waals surface area contributed by atoms with Gasteiger partial charge in [0.05, 0.1) is 13.0 Å². The Morgan fingerprint density at radius 3 is 2.42 bits per heavy atom. The van der Waals surface area contributed by atoms with Crippen LogP contribution in [0.1, 0.15) is 54.9 Å². The molecule has 0 aromatic heterocycles. The maximum atomic E-state index is 13.4. The molecular weight excluding hydrogens is 484 g/mol. The molecule has 0 bridgehead atoms. The maximum Gasteiger partial charge on any atom is 0.340 e. The summed E-state index contributed by atoms with van der Waals surface area (Å²) in [4.78, 5) is 39.1. The van der Waals surface area contributed by atoms with E-state index < -0.39 is 11.9 Å². The lowest BCUT2D eigenvalue weighted by Gasteiger charge is -2.38. The van der Waals surface area contributed by atoms with Crippen molar-refractivity contribution in [3.05, 3.63) is 81.4 Å². The Morgan fingerprint density at radius 1 is 1.11 bits per heavy atom. The lowest BCUT2D eigenvalue weighted by atomic mass is 9.70. The van der Waals surface area contributed by atoms with Gasteiger partial charge in [0.15, 0.2) is 12.4 Å². The Labute approximate surface area is 222 Å². The van der Waals surface area contributed by atoms with Crippen LogP contribution in [0.3, 0.4) is 0 Å². The zero-order valence-corrected chi connectivity index (χ0v) is 22.7. The average molecular weight is 519 g/mol. The van der Waals surface area contributed by atoms with Crippen LogP contribution < -0.4 is 15.8 Å². The molecule has 1 amide bonds. The Kier molecular flexibility index (Phi) is 7.35. The molecule has 2 aromatic rings. The molecule has 38 heavy (non-hydrogen) atoms. The van der Waals surface area contributed by atoms with Crippen molar-refractivity contribution >= 4 is 23.3 Å². The monoisotopic (exact) mass is 518 g/mol. The zero-order chi connectivity index (χ0) is 27.8. The summed E-state index contributed by atoms with van der Waals surface area (Å²) < 4.78 is 16.8. The van der Waals surface area contributed by atoms with Gasteiger partial charge in [-0.1, -0.05) is 49.7 Å². The van der Waals surface area contributed by atoms with E-state index in [-0.39, 0.29) is 35.2 Å². The number of nitrogens with one attached hydrogen (secondary N) is 1. The molecule has 3 N–H and O–H groups in total. The lowest BCUT2D eigenvalue weighted by Crippen LogP contribution is -2.35. The predicted octanol–water partition coefficient (Wildman–Crippen LogP) is 4.73. The number of ether oxygens (including phenoxy) is 3. The summed E-state index contributed by atoms with van der Waals surface area (Å²) in [6.45, 7) is 9.58. The number of aryl methyl sites for hydroxylation is 3. The van der Waals surface area contributed by atoms with E-state index in [0.717, 1.165) is 22.4 Å². The van der Waals surface area contributed by atoms with Crippen molar-refractivity contribution in [3.8, 4) is 5.75 Å². The largest absolute Gasteiger partial charge is 0.483 e. The van der Waals surface area contributed by atoms with Gasteiger partial charge < -0.3 is 25.3 Å². The topological polar surface area (TPSA) is 117 Å². The third-order valence-corrected chi connectivity index (χ3v) is 6.89. The highest BCUT2D eigenvalue weighted by Crippen LogP contribution is 2.49. The highest BCUT2D eigenvalue weighted by Gasteiger charge is 2.45. The van der Waals surface area contributed by atoms with Gasteiger partial charge in [0.25, 0.3) is 5.91 Å². The van der Waals surface area contributed by atoms with E-state index in [1.807, 2.05) is 46.8 Å². The first-order chi connectivity index (χ1) is 17.9. The molecule has 0 saturated heterocycles. The van der Waals surface area contributed by atoms with Gasteiger partial charge in [-0.2, -0.15) is 0 Å². The van der Waals surface area contributed by atoms with Crippen molar-refractivity contribution in [2.45, 2.75) is 53.4 Å². The molecule has 0 fully saturated rings. The molecule has 2 aliphatic rings. The van der Waals surface area contributed by atoms with E-state index in [4.69, 9.17) is 19.9 Å². The minimum absolute atomic E-state index is 0.0331. The Morgan fingerprint density at radius 2 is 1.76 bits per heavy atom. The third-order valence-electron chi connectivity index (χ3n) is 6.89. The number of carbonyl (C=O) groups excluding carboxylic acids is 3. The van der Waals surface area contributed by atoms with Crippen LogP contribution in [0.15, 0.2) is 59.2 Å². The molecule has 1 aliphatic carbocycles. The van der Waals surface area contributed by atoms with Gasteiger partial charge in [0, 0.05) is 29.7 Å². The average Bonchev–Trinajstić information content (AvgIpc) is 2.83. The highest BCUT2D eigenvalue weighted by atomic mass is 16.5. The number of benzene rings is 2. The number of anilines is 1. The molecule has 1 unspecified atom stereocenters. The maximum absolute atomic E-state index is 13.4. The van der Waals surface area contributed by atoms with Crippen LogP contribution in [0.2, 0.25) is 0 Å². The van der Waals surface area contributed by atoms with Gasteiger partial charge in [-0.25, -0.2) is 4.79 Å². The molecule has 0 radical (unpaired) electrons. The van der Waals surface area contributed by atoms with E-state index in [0.29, 0.717) is 35.5 Å². The highest BCUT2D eigenvalue weighted by molar-refractivity contribution is 6.04. The number of amides is 1. The fourth-order valence-corrected chi connectivity index (χ4v) is 5.35. The summed E-state index contributed by atoms with van der Waals surface area (Å²) in [6.07, 6.45) is 0.779. The van der Waals surface area contributed by atoms with Crippen LogP contribution in [0.5, 0.6) is 5.75 Å². The fourth-order valence-electron chi connectivity index (χ4n) is 5.35. The molecule has 1 aliphatic heterocycles. The smallest absolute Gasteiger partial charge is 0.340 e. The van der Waals surface area contributed by atoms with Crippen molar-refractivity contribution < 1.29 is 28.6 Å². The first-order valence-corrected chi connectivity index (χ1v) is 12.5. The van der Waals surface area contributed by atoms with Crippen LogP contribution >= 0.6 is 0 Å². The van der Waals surface area contributed by atoms with E-state index in [1.165, 1.54) is 7.11 Å². The number of esters is 1. The number of rotatable bonds is 6. The number of nitrogens with two attached hydrogens (primary N) is 1. The van der Waals surface area contributed by atoms with Crippen LogP contribution in [0, 0.1) is 26.2 Å². The lowest BCUT2D eigenvalue weighted by molar-refractivity contribution is -0.136. The summed E-state index contributed by atoms with van der Waals surface area (Å²) in [5, 5.41) is 2.93. The van der Waals surface area contributed by atoms with E-state index in [1.54, 1.807) is 24.3 Å². The van der Waals surface area contributed by atoms with Gasteiger partial charge in [0.1, 0.15) is 17.1 Å². The summed E-state index contributed by atoms with van der Waals surface area (Å²) in [7, 11) is 1.25. The molecule has 200 valence electrons. The van der Waals surface area contributed by atoms with Crippen molar-refractivity contribution in [2.75, 3.05) is 19.0 Å². The van der Waals surface area contributed by atoms with E-state index in [9.17, 15) is 14.4 Å². The third kappa shape index (κ3) is 5.30. The minimum Gasteiger partial charge on any atom is -0.483 e. The summed E-state index contributed by atoms with van der Waals surface area (Å²) in [5.74, 6) is -1.33. The number of hydrogen-bond acceptors (Lipinski definition) is 7. The Hall–Kier alpha value is -4.07. The van der Waals surface area contributed by atoms with Crippen LogP contribution in [-0.4, -0.2) is 31.4 Å². The molecule has 8 heteroatoms. The molecule has 4 rings (SSSR count). The van der Waals surface area contributed by atoms with Crippen molar-refractivity contribution in [1.29, 1.82) is 0 Å². The normalized spacial score (nSPS) is 18.5. The number of hydrogen-bond donors (Lipinski definition) is 2. The standard InChI is InChI=1S/C30H34N2O6/c1-16-11-17(2)27(18(3)12-16)32-23(34)15-37-21-10-8-7-9-19(21)24-25-20(33)13-30(4,5)14-22(25)38-28(31)26(24)29(35)36-6/h7-12,24H,13-15,31H2,1-6H3,(H,32,34). The predicted molar refractivity (Wildman–Crippen MR) is 143 cm³/mol. The quantitative estimate of drug-likeness (QED) is 0.531. The van der Waals surface area contributed by atoms with E-state index >= 15 is 0 Å². The summed E-state index contributed by atoms with van der Waals surface area (Å²) in [6, 6.07) is 11.0. The number of ketones is 1. The molecule has 0 saturated carbocycles. The summed E-state index contributed by atoms with van der Waals surface area (Å²) in [5.41, 5.74) is 10.6. The van der Waals surface area contributed by atoms with Crippen molar-refractivity contribution in [1.82, 2.24) is 0 Å². The number of allylic oxidation sites excluding steroid dienone is 2. The minimum atomic E-state index is -0.851. The van der Waals surface area contributed by atoms with Crippen molar-refractivity contribution in [2.24, 2.45) is 11.1 Å². The van der Waals surface area contributed by atoms with Crippen LogP contribution in [-0.2, 0) is 23.9 Å². The van der Waals surface area contributed by atoms with Gasteiger partial charge >= 0.3 is 5.97 Å². The molecule has 8 nitrogen and oxygen atoms in total. The number of Topliss-reactive ketones (excluding diaryl/α,β-unsaturated/α-hetero) is 1. The molecule has 0 spiro atoms. The van der Waals surface area contributed by atoms with Gasteiger partial charge in [-0.3, -0.25) is 9.59 Å². The second-order valence-electron chi connectivity index (χ2n) is 10.7. The van der Waals surface area contributed by atoms with Crippen LogP contribution in [0.4, 0.5) is 5.69 Å². The number of methoxy groups -OCH3 is 1. The SMILES string of the molecule is COC(=O)C1=C(N)OC2=C(C(=O)CC(C)(C)C2)C1c1ccccc1OCC(=O)Nc1c(C)cc(C)cc1C. The summed E-state index contributed by atoms with van der Waals surface area (Å²) >= 11 is 0. The van der Waals surface area contributed by atoms with Gasteiger partial charge in [-0.05, 0) is 43.4 Å². The number of carbonyl (C=O) groups is 3. The van der Waals surface area contributed by atoms with Crippen molar-refractivity contribution in [3.63, 3.8) is 0 Å². The molecule has 1 atom stereocenters. The van der Waals surface area contributed by atoms with Gasteiger partial charge in [0.2, 0.25) is 5.88 Å². The first-order valence-electron chi connectivity index (χ1n) is 12.5. The molecule has 1 heterocycles. The second kappa shape index (κ2) is 10.4. The van der Waals surface area contributed by atoms with Gasteiger partial charge in [-0.15, -0.1) is 0 Å². The fraction of sp³-hybridized carbons (Fsp3) is 0.367. The molecule has 2 aromatic carbocycles. The Balaban J connectivity index is 1.68.